The Balaban J connectivity index is 1.75. The van der Waals surface area contributed by atoms with Gasteiger partial charge in [-0.15, -0.1) is 0 Å². The van der Waals surface area contributed by atoms with Crippen LogP contribution in [0.25, 0.3) is 0 Å². The molecule has 1 fully saturated rings. The summed E-state index contributed by atoms with van der Waals surface area (Å²) in [4.78, 5) is 2.28. The number of rotatable bonds is 8. The van der Waals surface area contributed by atoms with Crippen LogP contribution >= 0.6 is 0 Å². The summed E-state index contributed by atoms with van der Waals surface area (Å²) in [5.41, 5.74) is 2.53. The minimum absolute atomic E-state index is 0.0612. The van der Waals surface area contributed by atoms with Crippen molar-refractivity contribution >= 4 is 5.69 Å². The van der Waals surface area contributed by atoms with E-state index < -0.39 is 0 Å². The Morgan fingerprint density at radius 1 is 1.30 bits per heavy atom. The Hall–Kier alpha value is -1.10. The van der Waals surface area contributed by atoms with Crippen molar-refractivity contribution in [1.82, 2.24) is 5.32 Å². The van der Waals surface area contributed by atoms with Crippen LogP contribution in [0.4, 0.5) is 5.69 Å². The highest BCUT2D eigenvalue weighted by atomic mass is 16.5. The Morgan fingerprint density at radius 2 is 2.00 bits per heavy atom. The molecule has 0 bridgehead atoms. The predicted octanol–water partition coefficient (Wildman–Crippen LogP) is 1.63. The zero-order chi connectivity index (χ0) is 14.4. The van der Waals surface area contributed by atoms with Gasteiger partial charge in [0.2, 0.25) is 0 Å². The fourth-order valence-electron chi connectivity index (χ4n) is 2.62. The van der Waals surface area contributed by atoms with Gasteiger partial charge >= 0.3 is 0 Å². The molecule has 4 nitrogen and oxygen atoms in total. The molecule has 0 aromatic heterocycles. The molecule has 0 radical (unpaired) electrons. The summed E-state index contributed by atoms with van der Waals surface area (Å²) in [7, 11) is 3.84. The van der Waals surface area contributed by atoms with Gasteiger partial charge in [0, 0.05) is 39.5 Å². The SMILES string of the molecule is COCCNCc1ccc(N(C)CC2CC(O)C2)cc1. The molecule has 4 heteroatoms. The van der Waals surface area contributed by atoms with Crippen molar-refractivity contribution in [3.63, 3.8) is 0 Å². The number of anilines is 1. The summed E-state index contributed by atoms with van der Waals surface area (Å²) in [6, 6.07) is 8.67. The van der Waals surface area contributed by atoms with Crippen LogP contribution < -0.4 is 10.2 Å². The molecule has 1 aliphatic carbocycles. The highest BCUT2D eigenvalue weighted by molar-refractivity contribution is 5.47. The lowest BCUT2D eigenvalue weighted by atomic mass is 9.82. The number of benzene rings is 1. The number of hydrogen-bond donors (Lipinski definition) is 2. The topological polar surface area (TPSA) is 44.7 Å². The van der Waals surface area contributed by atoms with E-state index in [1.165, 1.54) is 11.3 Å². The van der Waals surface area contributed by atoms with Crippen molar-refractivity contribution in [2.75, 3.05) is 38.8 Å². The lowest BCUT2D eigenvalue weighted by molar-refractivity contribution is 0.0465. The van der Waals surface area contributed by atoms with Gasteiger partial charge in [0.15, 0.2) is 0 Å². The van der Waals surface area contributed by atoms with Crippen LogP contribution in [0, 0.1) is 5.92 Å². The lowest BCUT2D eigenvalue weighted by Crippen LogP contribution is -2.37. The third-order valence-corrected chi connectivity index (χ3v) is 3.93. The summed E-state index contributed by atoms with van der Waals surface area (Å²) < 4.78 is 5.00. The van der Waals surface area contributed by atoms with E-state index in [-0.39, 0.29) is 6.10 Å². The summed E-state index contributed by atoms with van der Waals surface area (Å²) in [6.07, 6.45) is 1.84. The van der Waals surface area contributed by atoms with Crippen molar-refractivity contribution in [3.05, 3.63) is 29.8 Å². The lowest BCUT2D eigenvalue weighted by Gasteiger charge is -2.35. The molecule has 0 atom stereocenters. The monoisotopic (exact) mass is 278 g/mol. The zero-order valence-corrected chi connectivity index (χ0v) is 12.5. The first-order valence-corrected chi connectivity index (χ1v) is 7.37. The van der Waals surface area contributed by atoms with Gasteiger partial charge in [0.25, 0.3) is 0 Å². The predicted molar refractivity (Wildman–Crippen MR) is 82.0 cm³/mol. The Morgan fingerprint density at radius 3 is 2.60 bits per heavy atom. The number of aliphatic hydroxyl groups excluding tert-OH is 1. The molecule has 1 saturated carbocycles. The second-order valence-corrected chi connectivity index (χ2v) is 5.71. The van der Waals surface area contributed by atoms with Crippen LogP contribution in [0.15, 0.2) is 24.3 Å². The second-order valence-electron chi connectivity index (χ2n) is 5.71. The van der Waals surface area contributed by atoms with Gasteiger partial charge in [-0.05, 0) is 36.5 Å². The van der Waals surface area contributed by atoms with Crippen molar-refractivity contribution < 1.29 is 9.84 Å². The number of aliphatic hydroxyl groups is 1. The van der Waals surface area contributed by atoms with Crippen LogP contribution in [0.3, 0.4) is 0 Å². The van der Waals surface area contributed by atoms with Crippen LogP contribution in [-0.2, 0) is 11.3 Å². The van der Waals surface area contributed by atoms with Crippen molar-refractivity contribution in [2.24, 2.45) is 5.92 Å². The zero-order valence-electron chi connectivity index (χ0n) is 12.5. The van der Waals surface area contributed by atoms with E-state index in [2.05, 4.69) is 41.5 Å². The first kappa shape index (κ1) is 15.3. The molecule has 2 rings (SSSR count). The highest BCUT2D eigenvalue weighted by Crippen LogP contribution is 2.29. The smallest absolute Gasteiger partial charge is 0.0587 e. The molecule has 112 valence electrons. The second kappa shape index (κ2) is 7.62. The van der Waals surface area contributed by atoms with E-state index in [9.17, 15) is 5.11 Å². The van der Waals surface area contributed by atoms with Crippen LogP contribution in [0.2, 0.25) is 0 Å². The minimum Gasteiger partial charge on any atom is -0.393 e. The van der Waals surface area contributed by atoms with Gasteiger partial charge in [0.05, 0.1) is 12.7 Å². The number of hydrogen-bond acceptors (Lipinski definition) is 4. The maximum Gasteiger partial charge on any atom is 0.0587 e. The maximum atomic E-state index is 9.32. The molecule has 1 aromatic rings. The highest BCUT2D eigenvalue weighted by Gasteiger charge is 2.27. The van der Waals surface area contributed by atoms with E-state index in [0.29, 0.717) is 5.92 Å². The van der Waals surface area contributed by atoms with Crippen LogP contribution in [-0.4, -0.2) is 45.1 Å². The Kier molecular flexibility index (Phi) is 5.83. The van der Waals surface area contributed by atoms with E-state index >= 15 is 0 Å². The number of ether oxygens (including phenoxy) is 1. The van der Waals surface area contributed by atoms with E-state index in [1.807, 2.05) is 0 Å². The van der Waals surface area contributed by atoms with E-state index in [0.717, 1.165) is 39.1 Å². The largest absolute Gasteiger partial charge is 0.393 e. The van der Waals surface area contributed by atoms with Gasteiger partial charge in [-0.25, -0.2) is 0 Å². The third kappa shape index (κ3) is 4.47. The molecule has 0 unspecified atom stereocenters. The van der Waals surface area contributed by atoms with Crippen molar-refractivity contribution in [2.45, 2.75) is 25.5 Å². The fraction of sp³-hybridized carbons (Fsp3) is 0.625. The first-order chi connectivity index (χ1) is 9.69. The summed E-state index contributed by atoms with van der Waals surface area (Å²) in [5.74, 6) is 0.644. The standard InChI is InChI=1S/C16H26N2O2/c1-18(12-14-9-16(19)10-14)15-5-3-13(4-6-15)11-17-7-8-20-2/h3-6,14,16-17,19H,7-12H2,1-2H3. The van der Waals surface area contributed by atoms with Crippen LogP contribution in [0.5, 0.6) is 0 Å². The molecular formula is C16H26N2O2. The average molecular weight is 278 g/mol. The van der Waals surface area contributed by atoms with Gasteiger partial charge in [-0.1, -0.05) is 12.1 Å². The van der Waals surface area contributed by atoms with Crippen molar-refractivity contribution in [1.29, 1.82) is 0 Å². The molecule has 1 aliphatic rings. The molecule has 2 N–H and O–H groups in total. The molecule has 0 aliphatic heterocycles. The molecule has 0 saturated heterocycles. The first-order valence-electron chi connectivity index (χ1n) is 7.37. The molecule has 0 heterocycles. The third-order valence-electron chi connectivity index (χ3n) is 3.93. The fourth-order valence-corrected chi connectivity index (χ4v) is 2.62. The number of nitrogens with zero attached hydrogens (tertiary/aromatic N) is 1. The van der Waals surface area contributed by atoms with Gasteiger partial charge in [0.1, 0.15) is 0 Å². The Bertz CT molecular complexity index is 388. The normalized spacial score (nSPS) is 21.6. The molecule has 0 amide bonds. The molecular weight excluding hydrogens is 252 g/mol. The number of methoxy groups -OCH3 is 1. The van der Waals surface area contributed by atoms with E-state index in [4.69, 9.17) is 4.74 Å². The Labute approximate surface area is 121 Å². The molecule has 1 aromatic carbocycles. The number of nitrogens with one attached hydrogen (secondary N) is 1. The molecule has 0 spiro atoms. The van der Waals surface area contributed by atoms with Gasteiger partial charge in [-0.2, -0.15) is 0 Å². The van der Waals surface area contributed by atoms with Gasteiger partial charge in [-0.3, -0.25) is 0 Å². The van der Waals surface area contributed by atoms with E-state index in [1.54, 1.807) is 7.11 Å². The summed E-state index contributed by atoms with van der Waals surface area (Å²) in [6.45, 7) is 3.53. The minimum atomic E-state index is -0.0612. The summed E-state index contributed by atoms with van der Waals surface area (Å²) in [5, 5.41) is 12.7. The quantitative estimate of drug-likeness (QED) is 0.710. The average Bonchev–Trinajstić information content (AvgIpc) is 2.42. The summed E-state index contributed by atoms with van der Waals surface area (Å²) >= 11 is 0. The maximum absolute atomic E-state index is 9.32. The molecule has 20 heavy (non-hydrogen) atoms. The van der Waals surface area contributed by atoms with Crippen LogP contribution in [0.1, 0.15) is 18.4 Å². The van der Waals surface area contributed by atoms with Crippen molar-refractivity contribution in [3.8, 4) is 0 Å². The van der Waals surface area contributed by atoms with Gasteiger partial charge < -0.3 is 20.1 Å².